The molecular formula is C29H20ClF3N2O4. The molecule has 6 nitrogen and oxygen atoms in total. The molecule has 0 aliphatic heterocycles. The van der Waals surface area contributed by atoms with Gasteiger partial charge in [0.1, 0.15) is 22.9 Å². The van der Waals surface area contributed by atoms with Crippen LogP contribution in [0.1, 0.15) is 15.9 Å². The molecule has 2 N–H and O–H groups in total. The number of anilines is 1. The van der Waals surface area contributed by atoms with Crippen LogP contribution < -0.4 is 20.1 Å². The van der Waals surface area contributed by atoms with Gasteiger partial charge >= 0.3 is 6.36 Å². The van der Waals surface area contributed by atoms with Crippen molar-refractivity contribution >= 4 is 35.2 Å². The summed E-state index contributed by atoms with van der Waals surface area (Å²) >= 11 is 5.89. The largest absolute Gasteiger partial charge is 0.573 e. The van der Waals surface area contributed by atoms with Crippen molar-refractivity contribution in [1.82, 2.24) is 5.32 Å². The molecule has 0 saturated carbocycles. The summed E-state index contributed by atoms with van der Waals surface area (Å²) in [4.78, 5) is 25.9. The Morgan fingerprint density at radius 2 is 1.31 bits per heavy atom. The Morgan fingerprint density at radius 1 is 0.744 bits per heavy atom. The van der Waals surface area contributed by atoms with E-state index < -0.39 is 23.9 Å². The van der Waals surface area contributed by atoms with Crippen molar-refractivity contribution in [3.05, 3.63) is 125 Å². The fourth-order valence-electron chi connectivity index (χ4n) is 3.32. The molecule has 0 saturated heterocycles. The van der Waals surface area contributed by atoms with E-state index in [0.29, 0.717) is 27.6 Å². The highest BCUT2D eigenvalue weighted by Crippen LogP contribution is 2.25. The monoisotopic (exact) mass is 552 g/mol. The number of hydrogen-bond donors (Lipinski definition) is 2. The Balaban J connectivity index is 1.53. The highest BCUT2D eigenvalue weighted by atomic mass is 35.5. The number of rotatable bonds is 8. The number of halogens is 4. The number of carbonyl (C=O) groups excluding carboxylic acids is 2. The molecule has 0 atom stereocenters. The highest BCUT2D eigenvalue weighted by Gasteiger charge is 2.31. The van der Waals surface area contributed by atoms with E-state index in [0.717, 1.165) is 12.1 Å². The van der Waals surface area contributed by atoms with Crippen molar-refractivity contribution in [3.8, 4) is 17.2 Å². The van der Waals surface area contributed by atoms with Gasteiger partial charge in [-0.1, -0.05) is 41.9 Å². The minimum atomic E-state index is -4.84. The maximum Gasteiger partial charge on any atom is 0.573 e. The molecule has 0 unspecified atom stereocenters. The zero-order valence-corrected chi connectivity index (χ0v) is 20.8. The smallest absolute Gasteiger partial charge is 0.457 e. The molecule has 4 aromatic rings. The van der Waals surface area contributed by atoms with E-state index in [2.05, 4.69) is 15.4 Å². The Labute approximate surface area is 226 Å². The van der Waals surface area contributed by atoms with Crippen LogP contribution in [0.25, 0.3) is 6.08 Å². The van der Waals surface area contributed by atoms with Crippen LogP contribution in [-0.2, 0) is 4.79 Å². The van der Waals surface area contributed by atoms with Crippen LogP contribution in [0.2, 0.25) is 5.02 Å². The van der Waals surface area contributed by atoms with Crippen molar-refractivity contribution in [2.24, 2.45) is 0 Å². The van der Waals surface area contributed by atoms with Crippen molar-refractivity contribution in [2.45, 2.75) is 6.36 Å². The van der Waals surface area contributed by atoms with Gasteiger partial charge in [-0.2, -0.15) is 0 Å². The highest BCUT2D eigenvalue weighted by molar-refractivity contribution is 6.30. The van der Waals surface area contributed by atoms with E-state index in [9.17, 15) is 22.8 Å². The Morgan fingerprint density at radius 3 is 1.90 bits per heavy atom. The fraction of sp³-hybridized carbons (Fsp3) is 0.0345. The average molecular weight is 553 g/mol. The zero-order chi connectivity index (χ0) is 27.8. The summed E-state index contributed by atoms with van der Waals surface area (Å²) in [6.07, 6.45) is -3.37. The first-order valence-corrected chi connectivity index (χ1v) is 11.8. The summed E-state index contributed by atoms with van der Waals surface area (Å²) in [5.74, 6) is -0.520. The molecule has 0 heterocycles. The van der Waals surface area contributed by atoms with Gasteiger partial charge < -0.3 is 20.1 Å². The molecule has 0 aliphatic carbocycles. The van der Waals surface area contributed by atoms with Crippen molar-refractivity contribution < 1.29 is 32.2 Å². The van der Waals surface area contributed by atoms with Gasteiger partial charge in [0, 0.05) is 16.3 Å². The number of alkyl halides is 3. The minimum absolute atomic E-state index is 0.0918. The molecule has 0 spiro atoms. The van der Waals surface area contributed by atoms with Gasteiger partial charge in [0.25, 0.3) is 11.8 Å². The zero-order valence-electron chi connectivity index (χ0n) is 20.0. The van der Waals surface area contributed by atoms with E-state index in [1.165, 1.54) is 18.2 Å². The lowest BCUT2D eigenvalue weighted by Gasteiger charge is -2.13. The molecular weight excluding hydrogens is 533 g/mol. The Kier molecular flexibility index (Phi) is 8.53. The van der Waals surface area contributed by atoms with Crippen molar-refractivity contribution in [2.75, 3.05) is 5.32 Å². The molecule has 2 amide bonds. The topological polar surface area (TPSA) is 76.7 Å². The van der Waals surface area contributed by atoms with Crippen LogP contribution in [0.15, 0.2) is 109 Å². The second kappa shape index (κ2) is 12.2. The molecule has 0 radical (unpaired) electrons. The van der Waals surface area contributed by atoms with Crippen LogP contribution in [-0.4, -0.2) is 18.2 Å². The number of carbonyl (C=O) groups is 2. The molecule has 4 rings (SSSR count). The summed E-state index contributed by atoms with van der Waals surface area (Å²) in [7, 11) is 0. The predicted molar refractivity (Wildman–Crippen MR) is 142 cm³/mol. The molecule has 4 aromatic carbocycles. The quantitative estimate of drug-likeness (QED) is 0.223. The maximum absolute atomic E-state index is 13.1. The van der Waals surface area contributed by atoms with E-state index in [4.69, 9.17) is 16.3 Å². The molecule has 0 fully saturated rings. The maximum atomic E-state index is 13.1. The minimum Gasteiger partial charge on any atom is -0.457 e. The third-order valence-corrected chi connectivity index (χ3v) is 5.37. The molecule has 198 valence electrons. The predicted octanol–water partition coefficient (Wildman–Crippen LogP) is 7.44. The molecule has 0 bridgehead atoms. The second-order valence-corrected chi connectivity index (χ2v) is 8.47. The van der Waals surface area contributed by atoms with E-state index in [1.807, 2.05) is 0 Å². The van der Waals surface area contributed by atoms with Crippen LogP contribution >= 0.6 is 11.6 Å². The summed E-state index contributed by atoms with van der Waals surface area (Å²) < 4.78 is 46.9. The molecule has 0 aromatic heterocycles. The number of hydrogen-bond acceptors (Lipinski definition) is 4. The third kappa shape index (κ3) is 8.37. The number of amides is 2. The fourth-order valence-corrected chi connectivity index (χ4v) is 3.44. The van der Waals surface area contributed by atoms with Crippen molar-refractivity contribution in [1.29, 1.82) is 0 Å². The third-order valence-electron chi connectivity index (χ3n) is 5.12. The van der Waals surface area contributed by atoms with Crippen LogP contribution in [0.3, 0.4) is 0 Å². The average Bonchev–Trinajstić information content (AvgIpc) is 2.91. The van der Waals surface area contributed by atoms with Gasteiger partial charge in [-0.05, 0) is 84.4 Å². The van der Waals surface area contributed by atoms with Gasteiger partial charge in [0.05, 0.1) is 0 Å². The van der Waals surface area contributed by atoms with Gasteiger partial charge in [-0.15, -0.1) is 13.2 Å². The summed E-state index contributed by atoms with van der Waals surface area (Å²) in [5.41, 5.74) is 1.01. The molecule has 0 aliphatic rings. The Bertz CT molecular complexity index is 1460. The molecule has 10 heteroatoms. The number of benzene rings is 4. The first-order valence-electron chi connectivity index (χ1n) is 11.4. The van der Waals surface area contributed by atoms with Gasteiger partial charge in [-0.25, -0.2) is 0 Å². The van der Waals surface area contributed by atoms with Crippen LogP contribution in [0.5, 0.6) is 17.2 Å². The van der Waals surface area contributed by atoms with Crippen molar-refractivity contribution in [3.63, 3.8) is 0 Å². The van der Waals surface area contributed by atoms with E-state index >= 15 is 0 Å². The number of ether oxygens (including phenoxy) is 2. The lowest BCUT2D eigenvalue weighted by atomic mass is 10.1. The number of nitrogens with one attached hydrogen (secondary N) is 2. The van der Waals surface area contributed by atoms with Gasteiger partial charge in [-0.3, -0.25) is 9.59 Å². The van der Waals surface area contributed by atoms with Crippen LogP contribution in [0, 0.1) is 0 Å². The second-order valence-electron chi connectivity index (χ2n) is 8.03. The van der Waals surface area contributed by atoms with Gasteiger partial charge in [0.2, 0.25) is 0 Å². The van der Waals surface area contributed by atoms with E-state index in [-0.39, 0.29) is 11.4 Å². The normalized spacial score (nSPS) is 11.4. The molecule has 39 heavy (non-hydrogen) atoms. The Hall–Kier alpha value is -4.76. The standard InChI is InChI=1S/C29H20ClF3N2O4/c30-21-8-14-24(15-9-21)38-23-12-6-19(7-13-23)18-26(35-27(36)20-4-2-1-3-5-20)28(37)34-22-10-16-25(17-11-22)39-29(31,32)33/h1-18H,(H,34,37)(H,35,36)/b26-18-. The first-order chi connectivity index (χ1) is 18.6. The summed E-state index contributed by atoms with van der Waals surface area (Å²) in [6.45, 7) is 0. The summed E-state index contributed by atoms with van der Waals surface area (Å²) in [6, 6.07) is 26.5. The lowest BCUT2D eigenvalue weighted by Crippen LogP contribution is -2.30. The van der Waals surface area contributed by atoms with E-state index in [1.54, 1.807) is 78.9 Å². The van der Waals surface area contributed by atoms with Gasteiger partial charge in [0.15, 0.2) is 0 Å². The summed E-state index contributed by atoms with van der Waals surface area (Å²) in [5, 5.41) is 5.74. The SMILES string of the molecule is O=C(Nc1ccc(OC(F)(F)F)cc1)/C(=C/c1ccc(Oc2ccc(Cl)cc2)cc1)NC(=O)c1ccccc1. The lowest BCUT2D eigenvalue weighted by molar-refractivity contribution is -0.274. The van der Waals surface area contributed by atoms with Crippen LogP contribution in [0.4, 0.5) is 18.9 Å². The first kappa shape index (κ1) is 27.3.